The van der Waals surface area contributed by atoms with Crippen molar-refractivity contribution >= 4 is 22.5 Å². The molecule has 1 N–H and O–H groups in total. The molecule has 0 saturated carbocycles. The van der Waals surface area contributed by atoms with Crippen LogP contribution in [-0.4, -0.2) is 66.6 Å². The van der Waals surface area contributed by atoms with Crippen LogP contribution >= 0.6 is 0 Å². The van der Waals surface area contributed by atoms with Crippen molar-refractivity contribution in [2.45, 2.75) is 6.42 Å². The van der Waals surface area contributed by atoms with E-state index in [1.165, 1.54) is 48.7 Å². The van der Waals surface area contributed by atoms with Crippen LogP contribution in [-0.2, 0) is 11.2 Å². The number of methoxy groups -OCH3 is 7. The molecule has 0 aliphatic rings. The van der Waals surface area contributed by atoms with Crippen molar-refractivity contribution in [3.05, 3.63) is 65.2 Å². The van der Waals surface area contributed by atoms with E-state index in [-0.39, 0.29) is 45.7 Å². The fourth-order valence-electron chi connectivity index (χ4n) is 4.97. The number of benzene rings is 4. The number of rotatable bonds is 11. The number of ketones is 1. The molecular weight excluding hydrogens is 544 g/mol. The molecule has 0 fully saturated rings. The summed E-state index contributed by atoms with van der Waals surface area (Å²) in [5.74, 6) is 0.292. The van der Waals surface area contributed by atoms with Crippen LogP contribution in [0, 0.1) is 0 Å². The third kappa shape index (κ3) is 5.18. The zero-order valence-corrected chi connectivity index (χ0v) is 24.4. The summed E-state index contributed by atoms with van der Waals surface area (Å²) in [7, 11) is 10.0. The number of fused-ring (bicyclic) bond motifs is 1. The molecule has 0 aromatic heterocycles. The molecule has 0 atom stereocenters. The van der Waals surface area contributed by atoms with Gasteiger partial charge in [-0.1, -0.05) is 18.2 Å². The Morgan fingerprint density at radius 2 is 1.31 bits per heavy atom. The average Bonchev–Trinajstić information content (AvgIpc) is 3.03. The highest BCUT2D eigenvalue weighted by molar-refractivity contribution is 6.21. The highest BCUT2D eigenvalue weighted by atomic mass is 16.5. The zero-order chi connectivity index (χ0) is 30.6. The van der Waals surface area contributed by atoms with Crippen molar-refractivity contribution in [1.29, 1.82) is 0 Å². The maximum atomic E-state index is 14.0. The van der Waals surface area contributed by atoms with Gasteiger partial charge in [-0.05, 0) is 41.5 Å². The van der Waals surface area contributed by atoms with Gasteiger partial charge in [0.05, 0.1) is 60.9 Å². The van der Waals surface area contributed by atoms with Crippen LogP contribution < -0.4 is 28.4 Å². The number of phenols is 1. The van der Waals surface area contributed by atoms with Crippen LogP contribution in [0.2, 0.25) is 0 Å². The summed E-state index contributed by atoms with van der Waals surface area (Å²) in [5, 5.41) is 12.2. The second-order valence-corrected chi connectivity index (χ2v) is 9.05. The molecule has 0 aliphatic carbocycles. The van der Waals surface area contributed by atoms with E-state index in [0.717, 1.165) is 0 Å². The van der Waals surface area contributed by atoms with Gasteiger partial charge in [0, 0.05) is 22.8 Å². The quantitative estimate of drug-likeness (QED) is 0.182. The fourth-order valence-corrected chi connectivity index (χ4v) is 4.97. The average molecular weight is 577 g/mol. The van der Waals surface area contributed by atoms with Crippen molar-refractivity contribution in [2.24, 2.45) is 0 Å². The lowest BCUT2D eigenvalue weighted by Crippen LogP contribution is -2.15. The minimum atomic E-state index is -0.841. The number of aromatic hydroxyl groups is 1. The third-order valence-electron chi connectivity index (χ3n) is 6.94. The first-order valence-electron chi connectivity index (χ1n) is 12.8. The Labute approximate surface area is 243 Å². The molecular formula is C32H32O10. The maximum Gasteiger partial charge on any atom is 0.339 e. The van der Waals surface area contributed by atoms with Crippen molar-refractivity contribution in [3.8, 4) is 51.4 Å². The topological polar surface area (TPSA) is 119 Å². The Balaban J connectivity index is 2.18. The fraction of sp³-hybridized carbons (Fsp3) is 0.250. The number of hydrogen-bond acceptors (Lipinski definition) is 10. The molecule has 0 saturated heterocycles. The zero-order valence-electron chi connectivity index (χ0n) is 24.4. The smallest absolute Gasteiger partial charge is 0.339 e. The highest BCUT2D eigenvalue weighted by Crippen LogP contribution is 2.52. The van der Waals surface area contributed by atoms with Gasteiger partial charge < -0.3 is 38.3 Å². The van der Waals surface area contributed by atoms with Crippen LogP contribution in [0.3, 0.4) is 0 Å². The minimum Gasteiger partial charge on any atom is -0.507 e. The highest BCUT2D eigenvalue weighted by Gasteiger charge is 2.33. The molecule has 0 bridgehead atoms. The van der Waals surface area contributed by atoms with Gasteiger partial charge >= 0.3 is 5.97 Å². The van der Waals surface area contributed by atoms with Gasteiger partial charge in [0.2, 0.25) is 5.75 Å². The van der Waals surface area contributed by atoms with Gasteiger partial charge in [-0.15, -0.1) is 0 Å². The number of Topliss-reactive ketones (excluding diaryl/α,β-unsaturated/α-hetero) is 1. The minimum absolute atomic E-state index is 0.122. The number of phenolic OH excluding ortho intramolecular Hbond substituents is 1. The first-order chi connectivity index (χ1) is 20.3. The third-order valence-corrected chi connectivity index (χ3v) is 6.94. The number of esters is 1. The lowest BCUT2D eigenvalue weighted by molar-refractivity contribution is 0.0597. The normalized spacial score (nSPS) is 10.6. The van der Waals surface area contributed by atoms with Crippen LogP contribution in [0.5, 0.6) is 40.2 Å². The van der Waals surface area contributed by atoms with Gasteiger partial charge in [-0.2, -0.15) is 0 Å². The molecule has 10 nitrogen and oxygen atoms in total. The predicted molar refractivity (Wildman–Crippen MR) is 156 cm³/mol. The summed E-state index contributed by atoms with van der Waals surface area (Å²) in [6, 6.07) is 13.5. The van der Waals surface area contributed by atoms with E-state index in [9.17, 15) is 14.7 Å². The number of ether oxygens (including phenoxy) is 7. The van der Waals surface area contributed by atoms with Gasteiger partial charge in [0.1, 0.15) is 11.5 Å². The number of carbonyl (C=O) groups is 2. The molecule has 0 heterocycles. The van der Waals surface area contributed by atoms with Crippen LogP contribution in [0.4, 0.5) is 0 Å². The van der Waals surface area contributed by atoms with Gasteiger partial charge in [-0.25, -0.2) is 4.79 Å². The Morgan fingerprint density at radius 3 is 1.86 bits per heavy atom. The van der Waals surface area contributed by atoms with Crippen molar-refractivity contribution in [3.63, 3.8) is 0 Å². The standard InChI is InChI=1S/C32H32O10/c1-36-19-11-8-17(9-12-19)14-21(33)27-28(32(35)42-7)25(18-10-13-22(37-2)23(15-18)38-3)26-20(29(27)34)16-24(39-4)30(40-5)31(26)41-6/h8-13,15-16,34H,14H2,1-7H3. The second kappa shape index (κ2) is 12.6. The lowest BCUT2D eigenvalue weighted by atomic mass is 9.85. The molecule has 4 aromatic rings. The summed E-state index contributed by atoms with van der Waals surface area (Å²) >= 11 is 0. The van der Waals surface area contributed by atoms with E-state index in [1.54, 1.807) is 49.6 Å². The Bertz CT molecular complexity index is 1640. The molecule has 0 unspecified atom stereocenters. The first-order valence-corrected chi connectivity index (χ1v) is 12.8. The molecule has 10 heteroatoms. The molecule has 0 spiro atoms. The Kier molecular flexibility index (Phi) is 8.95. The molecule has 42 heavy (non-hydrogen) atoms. The summed E-state index contributed by atoms with van der Waals surface area (Å²) in [5.41, 5.74) is 0.991. The number of hydrogen-bond donors (Lipinski definition) is 1. The number of carbonyl (C=O) groups excluding carboxylic acids is 2. The maximum absolute atomic E-state index is 14.0. The summed E-state index contributed by atoms with van der Waals surface area (Å²) in [4.78, 5) is 27.5. The van der Waals surface area contributed by atoms with Crippen LogP contribution in [0.15, 0.2) is 48.5 Å². The molecule has 4 rings (SSSR count). The summed E-state index contributed by atoms with van der Waals surface area (Å²) in [6.07, 6.45) is -0.122. The molecule has 0 radical (unpaired) electrons. The SMILES string of the molecule is COC(=O)c1c(C(=O)Cc2ccc(OC)cc2)c(O)c2cc(OC)c(OC)c(OC)c2c1-c1ccc(OC)c(OC)c1. The van der Waals surface area contributed by atoms with Gasteiger partial charge in [0.25, 0.3) is 0 Å². The molecule has 0 aliphatic heterocycles. The molecule has 0 amide bonds. The largest absolute Gasteiger partial charge is 0.507 e. The van der Waals surface area contributed by atoms with E-state index >= 15 is 0 Å². The Morgan fingerprint density at radius 1 is 0.667 bits per heavy atom. The monoisotopic (exact) mass is 576 g/mol. The Hall–Kier alpha value is -5.12. The van der Waals surface area contributed by atoms with E-state index in [1.807, 2.05) is 0 Å². The van der Waals surface area contributed by atoms with E-state index in [0.29, 0.717) is 33.8 Å². The second-order valence-electron chi connectivity index (χ2n) is 9.05. The first kappa shape index (κ1) is 29.9. The van der Waals surface area contributed by atoms with E-state index < -0.39 is 17.5 Å². The molecule has 220 valence electrons. The van der Waals surface area contributed by atoms with E-state index in [2.05, 4.69) is 0 Å². The summed E-state index contributed by atoms with van der Waals surface area (Å²) < 4.78 is 38.2. The van der Waals surface area contributed by atoms with Crippen molar-refractivity contribution < 1.29 is 47.9 Å². The molecule has 4 aromatic carbocycles. The van der Waals surface area contributed by atoms with Gasteiger partial charge in [-0.3, -0.25) is 4.79 Å². The van der Waals surface area contributed by atoms with Crippen molar-refractivity contribution in [1.82, 2.24) is 0 Å². The van der Waals surface area contributed by atoms with Crippen LogP contribution in [0.1, 0.15) is 26.3 Å². The van der Waals surface area contributed by atoms with Crippen molar-refractivity contribution in [2.75, 3.05) is 49.8 Å². The van der Waals surface area contributed by atoms with Gasteiger partial charge in [0.15, 0.2) is 28.8 Å². The predicted octanol–water partition coefficient (Wildman–Crippen LogP) is 5.48. The van der Waals surface area contributed by atoms with Crippen LogP contribution in [0.25, 0.3) is 21.9 Å². The summed E-state index contributed by atoms with van der Waals surface area (Å²) in [6.45, 7) is 0. The van der Waals surface area contributed by atoms with E-state index in [4.69, 9.17) is 33.2 Å². The lowest BCUT2D eigenvalue weighted by Gasteiger charge is -2.23.